The van der Waals surface area contributed by atoms with Crippen LogP contribution in [0.25, 0.3) is 0 Å². The highest BCUT2D eigenvalue weighted by atomic mass is 35.5. The fraction of sp³-hybridized carbons (Fsp3) is 0.333. The van der Waals surface area contributed by atoms with Crippen molar-refractivity contribution in [3.63, 3.8) is 0 Å². The quantitative estimate of drug-likeness (QED) is 0.759. The summed E-state index contributed by atoms with van der Waals surface area (Å²) in [6.45, 7) is 5.76. The lowest BCUT2D eigenvalue weighted by Gasteiger charge is -2.24. The number of likely N-dealkylation sites (N-methyl/N-ethyl adjacent to an activating group) is 1. The van der Waals surface area contributed by atoms with Crippen LogP contribution in [0, 0.1) is 6.92 Å². The Hall–Kier alpha value is -2.37. The van der Waals surface area contributed by atoms with E-state index >= 15 is 0 Å². The average Bonchev–Trinajstić information content (AvgIpc) is 2.63. The van der Waals surface area contributed by atoms with Gasteiger partial charge in [0.05, 0.1) is 12.6 Å². The molecule has 27 heavy (non-hydrogen) atoms. The lowest BCUT2D eigenvalue weighted by atomic mass is 10.1. The lowest BCUT2D eigenvalue weighted by Crippen LogP contribution is -2.46. The first-order valence-electron chi connectivity index (χ1n) is 8.89. The summed E-state index contributed by atoms with van der Waals surface area (Å²) in [6.07, 6.45) is 0. The van der Waals surface area contributed by atoms with Crippen molar-refractivity contribution in [3.8, 4) is 0 Å². The zero-order valence-electron chi connectivity index (χ0n) is 16.1. The third kappa shape index (κ3) is 6.38. The van der Waals surface area contributed by atoms with E-state index in [-0.39, 0.29) is 24.4 Å². The van der Waals surface area contributed by atoms with Gasteiger partial charge in [-0.25, -0.2) is 0 Å². The van der Waals surface area contributed by atoms with Crippen LogP contribution in [-0.2, 0) is 9.59 Å². The molecule has 0 aliphatic carbocycles. The molecule has 0 aliphatic heterocycles. The average molecular weight is 388 g/mol. The Bertz CT molecular complexity index is 775. The minimum Gasteiger partial charge on any atom is -0.335 e. The van der Waals surface area contributed by atoms with Gasteiger partial charge >= 0.3 is 0 Å². The first-order chi connectivity index (χ1) is 12.8. The van der Waals surface area contributed by atoms with E-state index in [1.54, 1.807) is 14.0 Å². The van der Waals surface area contributed by atoms with Gasteiger partial charge in [-0.2, -0.15) is 0 Å². The van der Waals surface area contributed by atoms with Crippen molar-refractivity contribution in [3.05, 3.63) is 64.7 Å². The van der Waals surface area contributed by atoms with Crippen molar-refractivity contribution < 1.29 is 9.59 Å². The number of anilines is 1. The largest absolute Gasteiger partial charge is 0.335 e. The van der Waals surface area contributed by atoms with Crippen LogP contribution in [-0.4, -0.2) is 36.3 Å². The van der Waals surface area contributed by atoms with Crippen LogP contribution in [0.15, 0.2) is 48.5 Å². The van der Waals surface area contributed by atoms with Crippen molar-refractivity contribution in [2.45, 2.75) is 32.9 Å². The Morgan fingerprint density at radius 2 is 1.63 bits per heavy atom. The maximum Gasteiger partial charge on any atom is 0.243 e. The molecule has 5 nitrogen and oxygen atoms in total. The molecule has 2 atom stereocenters. The zero-order chi connectivity index (χ0) is 20.0. The van der Waals surface area contributed by atoms with Gasteiger partial charge in [0, 0.05) is 23.8 Å². The van der Waals surface area contributed by atoms with Crippen LogP contribution >= 0.6 is 11.6 Å². The van der Waals surface area contributed by atoms with Gasteiger partial charge < -0.3 is 10.2 Å². The highest BCUT2D eigenvalue weighted by Crippen LogP contribution is 2.16. The highest BCUT2D eigenvalue weighted by Gasteiger charge is 2.21. The predicted octanol–water partition coefficient (Wildman–Crippen LogP) is 3.78. The summed E-state index contributed by atoms with van der Waals surface area (Å²) in [5, 5.41) is 6.73. The molecule has 0 saturated carbocycles. The lowest BCUT2D eigenvalue weighted by molar-refractivity contribution is -0.135. The number of nitrogens with one attached hydrogen (secondary N) is 2. The zero-order valence-corrected chi connectivity index (χ0v) is 16.9. The molecule has 0 aliphatic rings. The standard InChI is InChI=1S/C21H26ClN3O2/c1-14-5-11-19(12-6-14)24-20(26)13-25(4)21(27)16(3)23-15(2)17-7-9-18(22)10-8-17/h5-12,15-16,23H,13H2,1-4H3,(H,24,26). The maximum atomic E-state index is 12.6. The van der Waals surface area contributed by atoms with E-state index in [0.29, 0.717) is 10.7 Å². The second kappa shape index (κ2) is 9.53. The minimum absolute atomic E-state index is 0.00590. The van der Waals surface area contributed by atoms with Crippen LogP contribution < -0.4 is 10.6 Å². The topological polar surface area (TPSA) is 61.4 Å². The Morgan fingerprint density at radius 1 is 1.04 bits per heavy atom. The SMILES string of the molecule is Cc1ccc(NC(=O)CN(C)C(=O)C(C)NC(C)c2ccc(Cl)cc2)cc1. The van der Waals surface area contributed by atoms with Crippen molar-refractivity contribution in [2.75, 3.05) is 18.9 Å². The summed E-state index contributed by atoms with van der Waals surface area (Å²) in [5.41, 5.74) is 2.88. The molecule has 144 valence electrons. The van der Waals surface area contributed by atoms with Crippen molar-refractivity contribution in [1.82, 2.24) is 10.2 Å². The number of halogens is 1. The van der Waals surface area contributed by atoms with Gasteiger partial charge in [0.25, 0.3) is 0 Å². The van der Waals surface area contributed by atoms with Gasteiger partial charge in [0.15, 0.2) is 0 Å². The Morgan fingerprint density at radius 3 is 2.22 bits per heavy atom. The van der Waals surface area contributed by atoms with Gasteiger partial charge in [-0.3, -0.25) is 14.9 Å². The molecule has 2 amide bonds. The first-order valence-corrected chi connectivity index (χ1v) is 9.27. The van der Waals surface area contributed by atoms with Gasteiger partial charge in [-0.15, -0.1) is 0 Å². The summed E-state index contributed by atoms with van der Waals surface area (Å²) >= 11 is 5.91. The van der Waals surface area contributed by atoms with E-state index in [1.165, 1.54) is 4.90 Å². The Balaban J connectivity index is 1.86. The molecule has 2 aromatic carbocycles. The molecular formula is C21H26ClN3O2. The predicted molar refractivity (Wildman–Crippen MR) is 110 cm³/mol. The summed E-state index contributed by atoms with van der Waals surface area (Å²) in [5.74, 6) is -0.373. The molecule has 2 rings (SSSR count). The van der Waals surface area contributed by atoms with Crippen LogP contribution in [0.3, 0.4) is 0 Å². The van der Waals surface area contributed by atoms with Crippen LogP contribution in [0.4, 0.5) is 5.69 Å². The smallest absolute Gasteiger partial charge is 0.243 e. The van der Waals surface area contributed by atoms with Crippen molar-refractivity contribution >= 4 is 29.1 Å². The molecule has 0 spiro atoms. The van der Waals surface area contributed by atoms with Crippen LogP contribution in [0.1, 0.15) is 31.0 Å². The van der Waals surface area contributed by atoms with Gasteiger partial charge in [0.1, 0.15) is 0 Å². The number of aryl methyl sites for hydroxylation is 1. The van der Waals surface area contributed by atoms with Gasteiger partial charge in [-0.05, 0) is 50.6 Å². The van der Waals surface area contributed by atoms with Crippen molar-refractivity contribution in [2.24, 2.45) is 0 Å². The number of rotatable bonds is 7. The van der Waals surface area contributed by atoms with Crippen molar-refractivity contribution in [1.29, 1.82) is 0 Å². The number of hydrogen-bond donors (Lipinski definition) is 2. The molecule has 6 heteroatoms. The monoisotopic (exact) mass is 387 g/mol. The van der Waals surface area contributed by atoms with E-state index in [4.69, 9.17) is 11.6 Å². The number of nitrogens with zero attached hydrogens (tertiary/aromatic N) is 1. The molecule has 0 heterocycles. The fourth-order valence-corrected chi connectivity index (χ4v) is 2.88. The van der Waals surface area contributed by atoms with E-state index < -0.39 is 6.04 Å². The molecule has 0 aromatic heterocycles. The summed E-state index contributed by atoms with van der Waals surface area (Å²) in [6, 6.07) is 14.6. The second-order valence-electron chi connectivity index (χ2n) is 6.77. The molecule has 0 bridgehead atoms. The molecule has 2 N–H and O–H groups in total. The summed E-state index contributed by atoms with van der Waals surface area (Å²) in [7, 11) is 1.63. The Labute approximate surface area is 165 Å². The molecule has 2 aromatic rings. The number of benzene rings is 2. The molecule has 0 saturated heterocycles. The number of carbonyl (C=O) groups is 2. The number of carbonyl (C=O) groups excluding carboxylic acids is 2. The van der Waals surface area contributed by atoms with E-state index in [1.807, 2.05) is 62.4 Å². The van der Waals surface area contributed by atoms with Crippen LogP contribution in [0.2, 0.25) is 5.02 Å². The summed E-state index contributed by atoms with van der Waals surface area (Å²) < 4.78 is 0. The maximum absolute atomic E-state index is 12.6. The third-order valence-electron chi connectivity index (χ3n) is 4.33. The molecule has 0 radical (unpaired) electrons. The first kappa shape index (κ1) is 20.9. The normalized spacial score (nSPS) is 12.9. The van der Waals surface area contributed by atoms with Gasteiger partial charge in [-0.1, -0.05) is 41.4 Å². The second-order valence-corrected chi connectivity index (χ2v) is 7.21. The van der Waals surface area contributed by atoms with E-state index in [2.05, 4.69) is 10.6 Å². The number of amides is 2. The Kier molecular flexibility index (Phi) is 7.39. The van der Waals surface area contributed by atoms with Crippen LogP contribution in [0.5, 0.6) is 0 Å². The minimum atomic E-state index is -0.423. The van der Waals surface area contributed by atoms with Gasteiger partial charge in [0.2, 0.25) is 11.8 Å². The fourth-order valence-electron chi connectivity index (χ4n) is 2.76. The highest BCUT2D eigenvalue weighted by molar-refractivity contribution is 6.30. The van der Waals surface area contributed by atoms with E-state index in [9.17, 15) is 9.59 Å². The molecular weight excluding hydrogens is 362 g/mol. The summed E-state index contributed by atoms with van der Waals surface area (Å²) in [4.78, 5) is 26.2. The van der Waals surface area contributed by atoms with E-state index in [0.717, 1.165) is 11.1 Å². The number of hydrogen-bond acceptors (Lipinski definition) is 3. The molecule has 2 unspecified atom stereocenters. The third-order valence-corrected chi connectivity index (χ3v) is 4.58. The molecule has 0 fully saturated rings.